The monoisotopic (exact) mass is 630 g/mol. The first-order chi connectivity index (χ1) is 21.1. The third-order valence-corrected chi connectivity index (χ3v) is 7.39. The molecule has 1 aliphatic heterocycles. The minimum Gasteiger partial charge on any atom is -0.512 e. The number of nitrogens with one attached hydrogen (secondary N) is 2. The van der Waals surface area contributed by atoms with Gasteiger partial charge < -0.3 is 26.5 Å². The number of piperidine rings is 1. The number of unbranched alkanes of at least 4 members (excludes halogenated alkanes) is 1. The Morgan fingerprint density at radius 2 is 1.80 bits per heavy atom. The van der Waals surface area contributed by atoms with Gasteiger partial charge in [-0.05, 0) is 103 Å². The Hall–Kier alpha value is -3.59. The van der Waals surface area contributed by atoms with E-state index in [4.69, 9.17) is 10.2 Å². The number of carbonyl (C=O) groups excluding carboxylic acids is 2. The molecule has 2 amide bonds. The molecule has 1 saturated heterocycles. The van der Waals surface area contributed by atoms with Crippen molar-refractivity contribution in [1.82, 2.24) is 10.2 Å². The van der Waals surface area contributed by atoms with Crippen LogP contribution in [0.15, 0.2) is 82.7 Å². The molecule has 2 rings (SSSR count). The van der Waals surface area contributed by atoms with Crippen molar-refractivity contribution in [3.63, 3.8) is 0 Å². The molecule has 5 N–H and O–H groups in total. The number of alkyl halides is 2. The van der Waals surface area contributed by atoms with Gasteiger partial charge in [0.2, 0.25) is 12.3 Å². The molecule has 0 aromatic carbocycles. The number of rotatable bonds is 12. The molecule has 0 spiro atoms. The number of amides is 2. The standard InChI is InChI=1S/C32H47N3O2.C3H6F2.CH3NO/c1-7-14-28(23(3)8-2)30-17-11-9-10-16-29(30)24(4)15-12-13-20-35-21-18-27(19-22-35)34-32(37)31(25(5)33)26(6)36;1-3(2,4)5;2-1-3/h7-11,14,17,24,27,33,36H,2,12-13,15-16,18-22H2,1,3-6H3,(H,34,37);1-2H3;1H,(H2,2,3)/b14-7-,28-23+,31-26+,33-25?;;. The zero-order valence-electron chi connectivity index (χ0n) is 28.4. The number of hydrogen-bond donors (Lipinski definition) is 4. The van der Waals surface area contributed by atoms with Crippen LogP contribution in [0.3, 0.4) is 0 Å². The molecule has 7 nitrogen and oxygen atoms in total. The average Bonchev–Trinajstić information content (AvgIpc) is 3.19. The molecule has 1 unspecified atom stereocenters. The summed E-state index contributed by atoms with van der Waals surface area (Å²) in [5, 5.41) is 20.5. The molecule has 9 heteroatoms. The van der Waals surface area contributed by atoms with Crippen molar-refractivity contribution in [3.05, 3.63) is 82.7 Å². The van der Waals surface area contributed by atoms with E-state index in [2.05, 4.69) is 79.8 Å². The molecule has 2 aliphatic rings. The van der Waals surface area contributed by atoms with E-state index in [1.807, 2.05) is 6.08 Å². The normalized spacial score (nSPS) is 17.5. The highest BCUT2D eigenvalue weighted by atomic mass is 19.3. The Morgan fingerprint density at radius 3 is 2.29 bits per heavy atom. The Bertz CT molecular complexity index is 1160. The Balaban J connectivity index is 0.00000215. The molecule has 1 atom stereocenters. The number of carbonyl (C=O) groups is 2. The van der Waals surface area contributed by atoms with Gasteiger partial charge in [-0.15, -0.1) is 0 Å². The molecule has 1 heterocycles. The number of primary amides is 1. The molecule has 1 fully saturated rings. The van der Waals surface area contributed by atoms with Gasteiger partial charge in [0, 0.05) is 24.8 Å². The summed E-state index contributed by atoms with van der Waals surface area (Å²) in [6.45, 7) is 18.3. The zero-order chi connectivity index (χ0) is 34.6. The van der Waals surface area contributed by atoms with Crippen LogP contribution >= 0.6 is 0 Å². The van der Waals surface area contributed by atoms with E-state index in [0.717, 1.165) is 52.7 Å². The number of aliphatic hydroxyl groups excluding tert-OH is 1. The molecule has 252 valence electrons. The molecule has 0 bridgehead atoms. The number of nitrogens with zero attached hydrogens (tertiary/aromatic N) is 1. The summed E-state index contributed by atoms with van der Waals surface area (Å²) in [4.78, 5) is 23.5. The van der Waals surface area contributed by atoms with Gasteiger partial charge in [0.25, 0.3) is 5.91 Å². The Kier molecular flexibility index (Phi) is 20.2. The predicted molar refractivity (Wildman–Crippen MR) is 184 cm³/mol. The van der Waals surface area contributed by atoms with Crippen molar-refractivity contribution in [2.45, 2.75) is 99.0 Å². The molecule has 0 saturated carbocycles. The van der Waals surface area contributed by atoms with Crippen molar-refractivity contribution in [3.8, 4) is 0 Å². The Labute approximate surface area is 269 Å². The van der Waals surface area contributed by atoms with Crippen molar-refractivity contribution >= 4 is 18.0 Å². The fourth-order valence-corrected chi connectivity index (χ4v) is 5.21. The first-order valence-corrected chi connectivity index (χ1v) is 15.6. The summed E-state index contributed by atoms with van der Waals surface area (Å²) in [6, 6.07) is 0.0950. The molecule has 45 heavy (non-hydrogen) atoms. The lowest BCUT2D eigenvalue weighted by Gasteiger charge is -2.32. The van der Waals surface area contributed by atoms with Crippen LogP contribution in [-0.2, 0) is 9.59 Å². The molecule has 0 aromatic heterocycles. The quantitative estimate of drug-likeness (QED) is 0.0438. The highest BCUT2D eigenvalue weighted by molar-refractivity contribution is 6.19. The highest BCUT2D eigenvalue weighted by Crippen LogP contribution is 2.32. The van der Waals surface area contributed by atoms with Crippen LogP contribution in [0.25, 0.3) is 0 Å². The number of halogens is 2. The van der Waals surface area contributed by atoms with Crippen molar-refractivity contribution in [2.75, 3.05) is 19.6 Å². The van der Waals surface area contributed by atoms with Crippen molar-refractivity contribution in [2.24, 2.45) is 11.7 Å². The van der Waals surface area contributed by atoms with Crippen LogP contribution in [-0.4, -0.2) is 59.6 Å². The number of likely N-dealkylation sites (tertiary alicyclic amines) is 1. The van der Waals surface area contributed by atoms with Crippen LogP contribution < -0.4 is 11.1 Å². The minimum absolute atomic E-state index is 0.0856. The third-order valence-electron chi connectivity index (χ3n) is 7.39. The summed E-state index contributed by atoms with van der Waals surface area (Å²) in [5.74, 6) is -2.43. The predicted octanol–water partition coefficient (Wildman–Crippen LogP) is 7.90. The lowest BCUT2D eigenvalue weighted by atomic mass is 9.85. The molecule has 0 aromatic rings. The van der Waals surface area contributed by atoms with Gasteiger partial charge in [-0.25, -0.2) is 8.78 Å². The van der Waals surface area contributed by atoms with E-state index >= 15 is 0 Å². The highest BCUT2D eigenvalue weighted by Gasteiger charge is 2.24. The van der Waals surface area contributed by atoms with Crippen molar-refractivity contribution < 1.29 is 23.5 Å². The topological polar surface area (TPSA) is 120 Å². The smallest absolute Gasteiger partial charge is 0.256 e. The minimum atomic E-state index is -2.50. The SMILES string of the molecule is C=C/C(C)=C(\C=C/C)C1=C(C(C)CCCCN2CCC(NC(=O)/C(C(C)=N)=C(\C)O)CC2)CC=CC=C1.CC(C)(F)F.NC=O. The van der Waals surface area contributed by atoms with Gasteiger partial charge in [0.1, 0.15) is 5.76 Å². The molecular formula is C36H56F2N4O3. The lowest BCUT2D eigenvalue weighted by molar-refractivity contribution is -0.118. The lowest BCUT2D eigenvalue weighted by Crippen LogP contribution is -2.45. The second kappa shape index (κ2) is 22.0. The number of aliphatic hydroxyl groups is 1. The van der Waals surface area contributed by atoms with E-state index in [-0.39, 0.29) is 35.4 Å². The number of hydrogen-bond acceptors (Lipinski definition) is 5. The average molecular weight is 631 g/mol. The van der Waals surface area contributed by atoms with Gasteiger partial charge in [0.15, 0.2) is 0 Å². The summed E-state index contributed by atoms with van der Waals surface area (Å²) in [7, 11) is 0. The number of nitrogens with two attached hydrogens (primary N) is 1. The summed E-state index contributed by atoms with van der Waals surface area (Å²) >= 11 is 0. The van der Waals surface area contributed by atoms with E-state index in [0.29, 0.717) is 5.92 Å². The molecule has 0 radical (unpaired) electrons. The first kappa shape index (κ1) is 41.4. The summed E-state index contributed by atoms with van der Waals surface area (Å²) in [5.41, 5.74) is 9.65. The largest absolute Gasteiger partial charge is 0.512 e. The van der Waals surface area contributed by atoms with Gasteiger partial charge in [-0.1, -0.05) is 68.0 Å². The van der Waals surface area contributed by atoms with Crippen LogP contribution in [0, 0.1) is 11.3 Å². The molecule has 1 aliphatic carbocycles. The maximum atomic E-state index is 12.5. The third kappa shape index (κ3) is 17.5. The maximum absolute atomic E-state index is 12.5. The fraction of sp³-hybridized carbons (Fsp3) is 0.528. The van der Waals surface area contributed by atoms with Crippen LogP contribution in [0.4, 0.5) is 8.78 Å². The van der Waals surface area contributed by atoms with Crippen LogP contribution in [0.1, 0.15) is 87.0 Å². The van der Waals surface area contributed by atoms with Gasteiger partial charge in [0.05, 0.1) is 5.57 Å². The van der Waals surface area contributed by atoms with E-state index in [9.17, 15) is 18.7 Å². The van der Waals surface area contributed by atoms with Crippen LogP contribution in [0.2, 0.25) is 0 Å². The summed E-state index contributed by atoms with van der Waals surface area (Å²) < 4.78 is 22.0. The van der Waals surface area contributed by atoms with Crippen LogP contribution in [0.5, 0.6) is 0 Å². The molecular weight excluding hydrogens is 574 g/mol. The Morgan fingerprint density at radius 1 is 1.22 bits per heavy atom. The van der Waals surface area contributed by atoms with Gasteiger partial charge >= 0.3 is 0 Å². The van der Waals surface area contributed by atoms with E-state index < -0.39 is 5.92 Å². The fourth-order valence-electron chi connectivity index (χ4n) is 5.21. The summed E-state index contributed by atoms with van der Waals surface area (Å²) in [6.07, 6.45) is 21.6. The van der Waals surface area contributed by atoms with Gasteiger partial charge in [-0.3, -0.25) is 9.59 Å². The second-order valence-electron chi connectivity index (χ2n) is 11.8. The second-order valence-corrected chi connectivity index (χ2v) is 11.8. The van der Waals surface area contributed by atoms with E-state index in [1.54, 1.807) is 0 Å². The zero-order valence-corrected chi connectivity index (χ0v) is 28.4. The maximum Gasteiger partial charge on any atom is 0.256 e. The van der Waals surface area contributed by atoms with Gasteiger partial charge in [-0.2, -0.15) is 0 Å². The number of allylic oxidation sites excluding steroid dienone is 12. The van der Waals surface area contributed by atoms with E-state index in [1.165, 1.54) is 55.4 Å². The first-order valence-electron chi connectivity index (χ1n) is 15.6. The van der Waals surface area contributed by atoms with Crippen molar-refractivity contribution in [1.29, 1.82) is 5.41 Å².